The van der Waals surface area contributed by atoms with E-state index < -0.39 is 5.97 Å². The minimum Gasteiger partial charge on any atom is -0.493 e. The number of unbranched alkanes of at least 4 members (excludes halogenated alkanes) is 4. The largest absolute Gasteiger partial charge is 0.493 e. The van der Waals surface area contributed by atoms with Gasteiger partial charge < -0.3 is 14.3 Å². The van der Waals surface area contributed by atoms with Crippen LogP contribution in [0.3, 0.4) is 0 Å². The van der Waals surface area contributed by atoms with Crippen LogP contribution in [0.4, 0.5) is 0 Å². The van der Waals surface area contributed by atoms with Crippen molar-refractivity contribution in [3.63, 3.8) is 0 Å². The molecule has 0 amide bonds. The van der Waals surface area contributed by atoms with E-state index in [0.717, 1.165) is 43.4 Å². The van der Waals surface area contributed by atoms with Gasteiger partial charge in [-0.1, -0.05) is 44.7 Å². The monoisotopic (exact) mass is 335 g/mol. The van der Waals surface area contributed by atoms with Gasteiger partial charge >= 0.3 is 5.97 Å². The van der Waals surface area contributed by atoms with Crippen molar-refractivity contribution in [2.24, 2.45) is 5.16 Å². The molecule has 134 valence electrons. The molecule has 0 aromatic heterocycles. The average molecular weight is 335 g/mol. The van der Waals surface area contributed by atoms with Gasteiger partial charge in [-0.25, -0.2) is 4.79 Å². The van der Waals surface area contributed by atoms with Gasteiger partial charge in [0.1, 0.15) is 11.5 Å². The smallest absolute Gasteiger partial charge is 0.331 e. The molecule has 0 heterocycles. The lowest BCUT2D eigenvalue weighted by molar-refractivity contribution is -0.140. The molecule has 24 heavy (non-hydrogen) atoms. The van der Waals surface area contributed by atoms with Crippen LogP contribution in [0, 0.1) is 0 Å². The van der Waals surface area contributed by atoms with Crippen LogP contribution in [0.15, 0.2) is 23.4 Å². The molecule has 5 nitrogen and oxygen atoms in total. The summed E-state index contributed by atoms with van der Waals surface area (Å²) in [7, 11) is 0. The Kier molecular flexibility index (Phi) is 10.3. The molecule has 1 aromatic carbocycles. The van der Waals surface area contributed by atoms with Gasteiger partial charge in [-0.05, 0) is 25.0 Å². The number of oxime groups is 1. The normalized spacial score (nSPS) is 10.8. The molecule has 0 N–H and O–H groups in total. The molecule has 0 aliphatic carbocycles. The third kappa shape index (κ3) is 8.56. The van der Waals surface area contributed by atoms with Crippen molar-refractivity contribution in [2.75, 3.05) is 13.2 Å². The van der Waals surface area contributed by atoms with Crippen molar-refractivity contribution >= 4 is 12.2 Å². The van der Waals surface area contributed by atoms with E-state index in [-0.39, 0.29) is 0 Å². The topological polar surface area (TPSA) is 57.1 Å². The molecule has 0 radical (unpaired) electrons. The van der Waals surface area contributed by atoms with E-state index >= 15 is 0 Å². The quantitative estimate of drug-likeness (QED) is 0.240. The average Bonchev–Trinajstić information content (AvgIpc) is 2.57. The molecule has 0 saturated carbocycles. The molecular formula is C19H29NO4. The number of ether oxygens (including phenoxy) is 2. The molecule has 0 bridgehead atoms. The molecule has 1 aromatic rings. The third-order valence-corrected chi connectivity index (χ3v) is 3.38. The lowest BCUT2D eigenvalue weighted by atomic mass is 10.2. The molecule has 0 unspecified atom stereocenters. The molecule has 0 aliphatic rings. The van der Waals surface area contributed by atoms with E-state index in [1.54, 1.807) is 0 Å². The van der Waals surface area contributed by atoms with Crippen LogP contribution in [0.25, 0.3) is 0 Å². The number of rotatable bonds is 12. The maximum atomic E-state index is 10.8. The molecule has 0 saturated heterocycles. The van der Waals surface area contributed by atoms with E-state index in [2.05, 4.69) is 23.8 Å². The fraction of sp³-hybridized carbons (Fsp3) is 0.579. The van der Waals surface area contributed by atoms with Crippen LogP contribution in [-0.4, -0.2) is 25.4 Å². The SMILES string of the molecule is CCCCCOc1ccc(C=NOC(C)=O)c(OCCCCC)c1. The summed E-state index contributed by atoms with van der Waals surface area (Å²) < 4.78 is 11.6. The van der Waals surface area contributed by atoms with Gasteiger partial charge in [0.15, 0.2) is 0 Å². The number of hydrogen-bond acceptors (Lipinski definition) is 5. The van der Waals surface area contributed by atoms with Crippen molar-refractivity contribution in [2.45, 2.75) is 59.3 Å². The Bertz CT molecular complexity index is 514. The van der Waals surface area contributed by atoms with Gasteiger partial charge in [0.2, 0.25) is 0 Å². The summed E-state index contributed by atoms with van der Waals surface area (Å²) in [5.41, 5.74) is 0.758. The lowest BCUT2D eigenvalue weighted by Gasteiger charge is -2.12. The van der Waals surface area contributed by atoms with Gasteiger partial charge in [0.25, 0.3) is 0 Å². The van der Waals surface area contributed by atoms with E-state index in [0.29, 0.717) is 19.0 Å². The number of benzene rings is 1. The fourth-order valence-corrected chi connectivity index (χ4v) is 2.07. The molecule has 0 atom stereocenters. The summed E-state index contributed by atoms with van der Waals surface area (Å²) in [4.78, 5) is 15.4. The van der Waals surface area contributed by atoms with Crippen molar-refractivity contribution in [1.29, 1.82) is 0 Å². The first-order valence-corrected chi connectivity index (χ1v) is 8.78. The summed E-state index contributed by atoms with van der Waals surface area (Å²) in [6.07, 6.45) is 8.12. The van der Waals surface area contributed by atoms with E-state index in [1.165, 1.54) is 19.6 Å². The number of nitrogens with zero attached hydrogens (tertiary/aromatic N) is 1. The summed E-state index contributed by atoms with van der Waals surface area (Å²) >= 11 is 0. The highest BCUT2D eigenvalue weighted by Gasteiger charge is 2.06. The molecule has 0 aliphatic heterocycles. The zero-order chi connectivity index (χ0) is 17.6. The minimum atomic E-state index is -0.451. The second-order valence-electron chi connectivity index (χ2n) is 5.63. The Balaban J connectivity index is 2.72. The molecular weight excluding hydrogens is 306 g/mol. The number of carbonyl (C=O) groups is 1. The van der Waals surface area contributed by atoms with Crippen LogP contribution in [0.2, 0.25) is 0 Å². The van der Waals surface area contributed by atoms with Crippen molar-refractivity contribution < 1.29 is 19.1 Å². The first-order valence-electron chi connectivity index (χ1n) is 8.78. The van der Waals surface area contributed by atoms with Gasteiger partial charge in [0, 0.05) is 18.6 Å². The van der Waals surface area contributed by atoms with Crippen molar-refractivity contribution in [3.8, 4) is 11.5 Å². The maximum Gasteiger partial charge on any atom is 0.331 e. The summed E-state index contributed by atoms with van der Waals surface area (Å²) in [5, 5.41) is 3.67. The first-order chi connectivity index (χ1) is 11.7. The standard InChI is InChI=1S/C19H29NO4/c1-4-6-8-12-22-18-11-10-17(15-20-24-16(3)21)19(14-18)23-13-9-7-5-2/h10-11,14-15H,4-9,12-13H2,1-3H3. The van der Waals surface area contributed by atoms with Crippen molar-refractivity contribution in [1.82, 2.24) is 0 Å². The Morgan fingerprint density at radius 3 is 2.33 bits per heavy atom. The minimum absolute atomic E-state index is 0.451. The van der Waals surface area contributed by atoms with E-state index in [9.17, 15) is 4.79 Å². The Labute approximate surface area is 145 Å². The zero-order valence-electron chi connectivity index (χ0n) is 15.0. The lowest BCUT2D eigenvalue weighted by Crippen LogP contribution is -2.02. The maximum absolute atomic E-state index is 10.8. The second-order valence-corrected chi connectivity index (χ2v) is 5.63. The highest BCUT2D eigenvalue weighted by Crippen LogP contribution is 2.24. The summed E-state index contributed by atoms with van der Waals surface area (Å²) in [6.45, 7) is 6.97. The third-order valence-electron chi connectivity index (χ3n) is 3.38. The Morgan fingerprint density at radius 2 is 1.71 bits per heavy atom. The number of hydrogen-bond donors (Lipinski definition) is 0. The van der Waals surface area contributed by atoms with Crippen molar-refractivity contribution in [3.05, 3.63) is 23.8 Å². The second kappa shape index (κ2) is 12.4. The predicted octanol–water partition coefficient (Wildman–Crippen LogP) is 4.72. The highest BCUT2D eigenvalue weighted by atomic mass is 16.7. The van der Waals surface area contributed by atoms with Crippen LogP contribution in [-0.2, 0) is 9.63 Å². The molecule has 5 heteroatoms. The highest BCUT2D eigenvalue weighted by molar-refractivity contribution is 5.84. The summed E-state index contributed by atoms with van der Waals surface area (Å²) in [5.74, 6) is 1.02. The zero-order valence-corrected chi connectivity index (χ0v) is 15.0. The first kappa shape index (κ1) is 20.0. The van der Waals surface area contributed by atoms with E-state index in [1.807, 2.05) is 18.2 Å². The molecule has 0 spiro atoms. The Morgan fingerprint density at radius 1 is 1.04 bits per heavy atom. The predicted molar refractivity (Wildman–Crippen MR) is 95.8 cm³/mol. The molecule has 1 rings (SSSR count). The van der Waals surface area contributed by atoms with Gasteiger partial charge in [-0.2, -0.15) is 0 Å². The number of carbonyl (C=O) groups excluding carboxylic acids is 1. The van der Waals surface area contributed by atoms with Crippen LogP contribution in [0.5, 0.6) is 11.5 Å². The van der Waals surface area contributed by atoms with Crippen LogP contribution < -0.4 is 9.47 Å². The van der Waals surface area contributed by atoms with E-state index in [4.69, 9.17) is 9.47 Å². The Hall–Kier alpha value is -2.04. The molecule has 0 fully saturated rings. The van der Waals surface area contributed by atoms with Crippen LogP contribution in [0.1, 0.15) is 64.9 Å². The van der Waals surface area contributed by atoms with Crippen LogP contribution >= 0.6 is 0 Å². The van der Waals surface area contributed by atoms with Gasteiger partial charge in [0.05, 0.1) is 19.4 Å². The summed E-state index contributed by atoms with van der Waals surface area (Å²) in [6, 6.07) is 5.60. The fourth-order valence-electron chi connectivity index (χ4n) is 2.07. The van der Waals surface area contributed by atoms with Gasteiger partial charge in [-0.3, -0.25) is 0 Å². The van der Waals surface area contributed by atoms with Gasteiger partial charge in [-0.15, -0.1) is 0 Å².